The Bertz CT molecular complexity index is 1120. The van der Waals surface area contributed by atoms with Gasteiger partial charge in [-0.3, -0.25) is 4.79 Å². The number of aryl methyl sites for hydroxylation is 1. The van der Waals surface area contributed by atoms with Gasteiger partial charge in [0.2, 0.25) is 5.95 Å². The molecule has 0 saturated heterocycles. The first kappa shape index (κ1) is 20.0. The maximum Gasteiger partial charge on any atom is 0.229 e. The summed E-state index contributed by atoms with van der Waals surface area (Å²) in [5.41, 5.74) is 4.95. The number of anilines is 4. The number of hydrogen-bond acceptors (Lipinski definition) is 5. The molecule has 0 spiro atoms. The molecule has 2 aromatic carbocycles. The van der Waals surface area contributed by atoms with Crippen molar-refractivity contribution in [1.82, 2.24) is 9.97 Å². The Morgan fingerprint density at radius 2 is 1.70 bits per heavy atom. The fourth-order valence-electron chi connectivity index (χ4n) is 3.79. The molecule has 3 aromatic rings. The fourth-order valence-corrected chi connectivity index (χ4v) is 3.79. The summed E-state index contributed by atoms with van der Waals surface area (Å²) in [5, 5.41) is 6.50. The second-order valence-corrected chi connectivity index (χ2v) is 8.66. The molecule has 2 N–H and O–H groups in total. The Kier molecular flexibility index (Phi) is 5.02. The number of carbonyl (C=O) groups is 1. The van der Waals surface area contributed by atoms with Crippen LogP contribution in [0, 0.1) is 25.1 Å². The minimum absolute atomic E-state index is 0.0439. The van der Waals surface area contributed by atoms with Gasteiger partial charge in [-0.2, -0.15) is 4.98 Å². The monoisotopic (exact) mass is 404 g/mol. The highest BCUT2D eigenvalue weighted by Crippen LogP contribution is 2.38. The number of hydrogen-bond donors (Lipinski definition) is 2. The van der Waals surface area contributed by atoms with Crippen LogP contribution in [0.5, 0.6) is 0 Å². The predicted octanol–water partition coefficient (Wildman–Crippen LogP) is 5.87. The smallest absolute Gasteiger partial charge is 0.229 e. The van der Waals surface area contributed by atoms with Crippen LogP contribution in [0.1, 0.15) is 47.4 Å². The van der Waals surface area contributed by atoms with E-state index < -0.39 is 0 Å². The van der Waals surface area contributed by atoms with Gasteiger partial charge in [0.25, 0.3) is 0 Å². The molecule has 0 atom stereocenters. The Balaban J connectivity index is 1.79. The van der Waals surface area contributed by atoms with Gasteiger partial charge in [0, 0.05) is 17.8 Å². The molecule has 0 unspecified atom stereocenters. The van der Waals surface area contributed by atoms with Crippen molar-refractivity contribution in [2.75, 3.05) is 10.6 Å². The van der Waals surface area contributed by atoms with E-state index in [0.717, 1.165) is 22.5 Å². The lowest BCUT2D eigenvalue weighted by atomic mass is 9.75. The Morgan fingerprint density at radius 3 is 2.43 bits per heavy atom. The third kappa shape index (κ3) is 4.03. The number of nitrogens with one attached hydrogen (secondary N) is 2. The minimum Gasteiger partial charge on any atom is -0.339 e. The topological polar surface area (TPSA) is 66.9 Å². The Morgan fingerprint density at radius 1 is 0.967 bits per heavy atom. The molecular formula is C24H25FN4O. The number of rotatable bonds is 4. The molecule has 1 aromatic heterocycles. The fraction of sp³-hybridized carbons (Fsp3) is 0.292. The van der Waals surface area contributed by atoms with Crippen LogP contribution in [-0.2, 0) is 6.42 Å². The average molecular weight is 404 g/mol. The molecule has 1 heterocycles. The van der Waals surface area contributed by atoms with Crippen molar-refractivity contribution >= 4 is 28.9 Å². The van der Waals surface area contributed by atoms with Crippen LogP contribution in [0.15, 0.2) is 42.5 Å². The Labute approximate surface area is 175 Å². The summed E-state index contributed by atoms with van der Waals surface area (Å²) < 4.78 is 13.2. The zero-order chi connectivity index (χ0) is 21.5. The molecule has 0 bridgehead atoms. The number of benzene rings is 2. The van der Waals surface area contributed by atoms with Crippen molar-refractivity contribution in [3.05, 3.63) is 70.7 Å². The highest BCUT2D eigenvalue weighted by Gasteiger charge is 2.35. The lowest BCUT2D eigenvalue weighted by Crippen LogP contribution is -2.29. The van der Waals surface area contributed by atoms with Crippen molar-refractivity contribution < 1.29 is 9.18 Å². The van der Waals surface area contributed by atoms with Gasteiger partial charge in [-0.15, -0.1) is 0 Å². The van der Waals surface area contributed by atoms with E-state index in [1.165, 1.54) is 12.1 Å². The lowest BCUT2D eigenvalue weighted by Gasteiger charge is -2.30. The molecule has 0 fully saturated rings. The van der Waals surface area contributed by atoms with Gasteiger partial charge in [0.05, 0.1) is 11.3 Å². The standard InChI is InChI=1S/C24H25FN4O/c1-14-6-5-7-18(15(14)2)27-22-21-19(12-24(3,4)13-20(21)30)28-23(29-22)26-17-10-8-16(25)9-11-17/h5-11H,12-13H2,1-4H3,(H2,26,27,28,29). The summed E-state index contributed by atoms with van der Waals surface area (Å²) >= 11 is 0. The minimum atomic E-state index is -0.309. The van der Waals surface area contributed by atoms with E-state index >= 15 is 0 Å². The van der Waals surface area contributed by atoms with Crippen molar-refractivity contribution in [1.29, 1.82) is 0 Å². The Hall–Kier alpha value is -3.28. The number of halogens is 1. The van der Waals surface area contributed by atoms with Crippen LogP contribution in [0.2, 0.25) is 0 Å². The molecule has 0 radical (unpaired) electrons. The zero-order valence-corrected chi connectivity index (χ0v) is 17.6. The first-order valence-corrected chi connectivity index (χ1v) is 10.0. The highest BCUT2D eigenvalue weighted by molar-refractivity contribution is 6.03. The molecule has 1 aliphatic carbocycles. The van der Waals surface area contributed by atoms with Gasteiger partial charge in [-0.05, 0) is 67.1 Å². The van der Waals surface area contributed by atoms with Crippen LogP contribution in [0.4, 0.5) is 27.5 Å². The molecule has 154 valence electrons. The van der Waals surface area contributed by atoms with Crippen LogP contribution < -0.4 is 10.6 Å². The van der Waals surface area contributed by atoms with Crippen molar-refractivity contribution in [2.45, 2.75) is 40.5 Å². The van der Waals surface area contributed by atoms with Crippen LogP contribution in [0.3, 0.4) is 0 Å². The van der Waals surface area contributed by atoms with Crippen LogP contribution in [-0.4, -0.2) is 15.8 Å². The van der Waals surface area contributed by atoms with Gasteiger partial charge in [-0.25, -0.2) is 9.37 Å². The SMILES string of the molecule is Cc1cccc(Nc2nc(Nc3ccc(F)cc3)nc3c2C(=O)CC(C)(C)C3)c1C. The van der Waals surface area contributed by atoms with Gasteiger partial charge in [-0.1, -0.05) is 26.0 Å². The summed E-state index contributed by atoms with van der Waals surface area (Å²) in [6, 6.07) is 12.0. The lowest BCUT2D eigenvalue weighted by molar-refractivity contribution is 0.0911. The molecule has 4 rings (SSSR count). The number of nitrogens with zero attached hydrogens (tertiary/aromatic N) is 2. The van der Waals surface area contributed by atoms with Crippen molar-refractivity contribution in [3.63, 3.8) is 0 Å². The zero-order valence-electron chi connectivity index (χ0n) is 17.6. The van der Waals surface area contributed by atoms with Crippen molar-refractivity contribution in [3.8, 4) is 0 Å². The van der Waals surface area contributed by atoms with Gasteiger partial charge in [0.1, 0.15) is 11.6 Å². The summed E-state index contributed by atoms with van der Waals surface area (Å²) in [4.78, 5) is 22.3. The van der Waals surface area contributed by atoms with E-state index in [1.807, 2.05) is 32.0 Å². The van der Waals surface area contributed by atoms with E-state index in [4.69, 9.17) is 0 Å². The molecule has 0 amide bonds. The number of carbonyl (C=O) groups excluding carboxylic acids is 1. The third-order valence-electron chi connectivity index (χ3n) is 5.51. The van der Waals surface area contributed by atoms with E-state index in [-0.39, 0.29) is 17.0 Å². The molecule has 30 heavy (non-hydrogen) atoms. The van der Waals surface area contributed by atoms with Crippen LogP contribution in [0.25, 0.3) is 0 Å². The predicted molar refractivity (Wildman–Crippen MR) is 117 cm³/mol. The van der Waals surface area contributed by atoms with E-state index in [1.54, 1.807) is 12.1 Å². The average Bonchev–Trinajstić information content (AvgIpc) is 2.66. The van der Waals surface area contributed by atoms with E-state index in [2.05, 4.69) is 34.4 Å². The molecule has 5 nitrogen and oxygen atoms in total. The first-order chi connectivity index (χ1) is 14.2. The number of ketones is 1. The summed E-state index contributed by atoms with van der Waals surface area (Å²) in [5.74, 6) is 0.608. The van der Waals surface area contributed by atoms with Crippen molar-refractivity contribution in [2.24, 2.45) is 5.41 Å². The van der Waals surface area contributed by atoms with E-state index in [0.29, 0.717) is 35.9 Å². The number of Topliss-reactive ketones (excluding diaryl/α,β-unsaturated/α-hetero) is 1. The second-order valence-electron chi connectivity index (χ2n) is 8.66. The summed E-state index contributed by atoms with van der Waals surface area (Å²) in [7, 11) is 0. The third-order valence-corrected chi connectivity index (χ3v) is 5.51. The molecule has 0 aliphatic heterocycles. The molecular weight excluding hydrogens is 379 g/mol. The summed E-state index contributed by atoms with van der Waals surface area (Å²) in [6.07, 6.45) is 1.13. The number of fused-ring (bicyclic) bond motifs is 1. The molecule has 6 heteroatoms. The molecule has 0 saturated carbocycles. The van der Waals surface area contributed by atoms with Crippen LogP contribution >= 0.6 is 0 Å². The largest absolute Gasteiger partial charge is 0.339 e. The van der Waals surface area contributed by atoms with E-state index in [9.17, 15) is 9.18 Å². The highest BCUT2D eigenvalue weighted by atomic mass is 19.1. The number of aromatic nitrogens is 2. The maximum absolute atomic E-state index is 13.2. The normalized spacial score (nSPS) is 14.9. The summed E-state index contributed by atoms with van der Waals surface area (Å²) in [6.45, 7) is 8.22. The van der Waals surface area contributed by atoms with Gasteiger partial charge in [0.15, 0.2) is 5.78 Å². The quantitative estimate of drug-likeness (QED) is 0.569. The second kappa shape index (κ2) is 7.52. The van der Waals surface area contributed by atoms with Gasteiger partial charge < -0.3 is 10.6 Å². The molecule has 1 aliphatic rings. The maximum atomic E-state index is 13.2. The van der Waals surface area contributed by atoms with Gasteiger partial charge >= 0.3 is 0 Å². The first-order valence-electron chi connectivity index (χ1n) is 10.0.